The first-order valence-corrected chi connectivity index (χ1v) is 10.4. The van der Waals surface area contributed by atoms with Crippen molar-refractivity contribution in [3.8, 4) is 0 Å². The molecule has 0 saturated carbocycles. The quantitative estimate of drug-likeness (QED) is 0.597. The molecule has 0 bridgehead atoms. The molecule has 0 spiro atoms. The van der Waals surface area contributed by atoms with Crippen molar-refractivity contribution in [2.24, 2.45) is 0 Å². The number of hydrogen-bond donors (Lipinski definition) is 1. The van der Waals surface area contributed by atoms with Gasteiger partial charge in [-0.15, -0.1) is 0 Å². The SMILES string of the molecule is CCCNC(=O)C(CC)N(Cc1ccc(F)cc1)C(=O)Cc1ccc(Cl)cc1Cl. The molecule has 1 atom stereocenters. The van der Waals surface area contributed by atoms with Gasteiger partial charge in [0.25, 0.3) is 0 Å². The van der Waals surface area contributed by atoms with Gasteiger partial charge in [0.15, 0.2) is 0 Å². The Hall–Kier alpha value is -2.11. The molecule has 0 saturated heterocycles. The minimum atomic E-state index is -0.634. The summed E-state index contributed by atoms with van der Waals surface area (Å²) in [7, 11) is 0. The van der Waals surface area contributed by atoms with Crippen molar-refractivity contribution in [2.45, 2.75) is 45.7 Å². The Morgan fingerprint density at radius 3 is 2.38 bits per heavy atom. The molecule has 0 aromatic heterocycles. The molecule has 2 amide bonds. The van der Waals surface area contributed by atoms with Gasteiger partial charge < -0.3 is 10.2 Å². The average Bonchev–Trinajstić information content (AvgIpc) is 2.69. The van der Waals surface area contributed by atoms with Crippen LogP contribution < -0.4 is 5.32 Å². The topological polar surface area (TPSA) is 49.4 Å². The van der Waals surface area contributed by atoms with E-state index in [1.807, 2.05) is 13.8 Å². The minimum Gasteiger partial charge on any atom is -0.354 e. The highest BCUT2D eigenvalue weighted by molar-refractivity contribution is 6.35. The number of carbonyl (C=O) groups is 2. The van der Waals surface area contributed by atoms with Crippen LogP contribution in [0.5, 0.6) is 0 Å². The van der Waals surface area contributed by atoms with Gasteiger partial charge in [-0.25, -0.2) is 4.39 Å². The molecule has 0 heterocycles. The lowest BCUT2D eigenvalue weighted by molar-refractivity contribution is -0.140. The van der Waals surface area contributed by atoms with E-state index < -0.39 is 6.04 Å². The lowest BCUT2D eigenvalue weighted by Crippen LogP contribution is -2.49. The third kappa shape index (κ3) is 6.72. The van der Waals surface area contributed by atoms with Crippen LogP contribution in [-0.4, -0.2) is 29.3 Å². The van der Waals surface area contributed by atoms with Crippen molar-refractivity contribution >= 4 is 35.0 Å². The summed E-state index contributed by atoms with van der Waals surface area (Å²) in [6.07, 6.45) is 1.29. The highest BCUT2D eigenvalue weighted by Crippen LogP contribution is 2.23. The fourth-order valence-corrected chi connectivity index (χ4v) is 3.48. The Labute approximate surface area is 181 Å². The van der Waals surface area contributed by atoms with Crippen LogP contribution in [0.2, 0.25) is 10.0 Å². The summed E-state index contributed by atoms with van der Waals surface area (Å²) in [5.41, 5.74) is 1.37. The van der Waals surface area contributed by atoms with E-state index in [2.05, 4.69) is 5.32 Å². The summed E-state index contributed by atoms with van der Waals surface area (Å²) in [6.45, 7) is 4.56. The van der Waals surface area contributed by atoms with E-state index in [9.17, 15) is 14.0 Å². The third-order valence-corrected chi connectivity index (χ3v) is 5.15. The lowest BCUT2D eigenvalue weighted by atomic mass is 10.1. The van der Waals surface area contributed by atoms with Gasteiger partial charge in [-0.2, -0.15) is 0 Å². The Morgan fingerprint density at radius 2 is 1.79 bits per heavy atom. The van der Waals surface area contributed by atoms with Gasteiger partial charge in [0.05, 0.1) is 6.42 Å². The summed E-state index contributed by atoms with van der Waals surface area (Å²) in [5, 5.41) is 3.74. The van der Waals surface area contributed by atoms with Crippen LogP contribution in [0.4, 0.5) is 4.39 Å². The molecule has 2 rings (SSSR count). The maximum Gasteiger partial charge on any atom is 0.242 e. The van der Waals surface area contributed by atoms with E-state index in [-0.39, 0.29) is 30.6 Å². The van der Waals surface area contributed by atoms with Gasteiger partial charge in [-0.05, 0) is 48.2 Å². The molecule has 1 N–H and O–H groups in total. The molecule has 0 aliphatic rings. The number of carbonyl (C=O) groups excluding carboxylic acids is 2. The van der Waals surface area contributed by atoms with E-state index in [1.165, 1.54) is 17.0 Å². The lowest BCUT2D eigenvalue weighted by Gasteiger charge is -2.31. The van der Waals surface area contributed by atoms with Gasteiger partial charge in [-0.3, -0.25) is 9.59 Å². The van der Waals surface area contributed by atoms with Gasteiger partial charge in [0.1, 0.15) is 11.9 Å². The highest BCUT2D eigenvalue weighted by Gasteiger charge is 2.28. The molecule has 0 aliphatic heterocycles. The standard InChI is InChI=1S/C22H25Cl2FN2O2/c1-3-11-26-22(29)20(4-2)27(14-15-5-9-18(25)10-6-15)21(28)12-16-7-8-17(23)13-19(16)24/h5-10,13,20H,3-4,11-12,14H2,1-2H3,(H,26,29). The molecule has 1 unspecified atom stereocenters. The molecule has 0 radical (unpaired) electrons. The molecule has 156 valence electrons. The predicted octanol–water partition coefficient (Wildman–Crippen LogP) is 5.01. The van der Waals surface area contributed by atoms with Gasteiger partial charge in [0.2, 0.25) is 11.8 Å². The van der Waals surface area contributed by atoms with Crippen molar-refractivity contribution in [3.05, 3.63) is 69.5 Å². The van der Waals surface area contributed by atoms with Gasteiger partial charge in [-0.1, -0.05) is 55.2 Å². The molecule has 2 aromatic carbocycles. The Bertz CT molecular complexity index is 843. The van der Waals surface area contributed by atoms with Gasteiger partial charge >= 0.3 is 0 Å². The summed E-state index contributed by atoms with van der Waals surface area (Å²) >= 11 is 12.2. The maximum absolute atomic E-state index is 13.3. The molecular weight excluding hydrogens is 414 g/mol. The zero-order valence-corrected chi connectivity index (χ0v) is 18.1. The van der Waals surface area contributed by atoms with E-state index in [0.717, 1.165) is 12.0 Å². The third-order valence-electron chi connectivity index (χ3n) is 4.56. The number of amides is 2. The molecule has 0 fully saturated rings. The minimum absolute atomic E-state index is 0.0365. The number of halogens is 3. The molecule has 2 aromatic rings. The van der Waals surface area contributed by atoms with Crippen molar-refractivity contribution in [2.75, 3.05) is 6.54 Å². The fraction of sp³-hybridized carbons (Fsp3) is 0.364. The first kappa shape index (κ1) is 23.2. The smallest absolute Gasteiger partial charge is 0.242 e. The molecule has 29 heavy (non-hydrogen) atoms. The fourth-order valence-electron chi connectivity index (χ4n) is 3.00. The zero-order valence-electron chi connectivity index (χ0n) is 16.6. The molecule has 0 aliphatic carbocycles. The van der Waals surface area contributed by atoms with Crippen LogP contribution in [0.3, 0.4) is 0 Å². The Kier molecular flexibility index (Phi) is 8.93. The molecule has 4 nitrogen and oxygen atoms in total. The average molecular weight is 439 g/mol. The van der Waals surface area contributed by atoms with E-state index in [0.29, 0.717) is 28.6 Å². The largest absolute Gasteiger partial charge is 0.354 e. The van der Waals surface area contributed by atoms with Crippen LogP contribution in [0.15, 0.2) is 42.5 Å². The second-order valence-corrected chi connectivity index (χ2v) is 7.62. The summed E-state index contributed by atoms with van der Waals surface area (Å²) < 4.78 is 13.3. The van der Waals surface area contributed by atoms with Crippen LogP contribution in [0.25, 0.3) is 0 Å². The monoisotopic (exact) mass is 438 g/mol. The zero-order chi connectivity index (χ0) is 21.4. The van der Waals surface area contributed by atoms with E-state index >= 15 is 0 Å². The molecular formula is C22H25Cl2FN2O2. The van der Waals surface area contributed by atoms with Crippen LogP contribution >= 0.6 is 23.2 Å². The van der Waals surface area contributed by atoms with Gasteiger partial charge in [0, 0.05) is 23.1 Å². The van der Waals surface area contributed by atoms with Crippen LogP contribution in [-0.2, 0) is 22.6 Å². The van der Waals surface area contributed by atoms with Crippen molar-refractivity contribution in [3.63, 3.8) is 0 Å². The molecule has 7 heteroatoms. The van der Waals surface area contributed by atoms with Crippen LogP contribution in [0.1, 0.15) is 37.8 Å². The van der Waals surface area contributed by atoms with E-state index in [4.69, 9.17) is 23.2 Å². The Morgan fingerprint density at radius 1 is 1.10 bits per heavy atom. The maximum atomic E-state index is 13.3. The van der Waals surface area contributed by atoms with Crippen molar-refractivity contribution < 1.29 is 14.0 Å². The van der Waals surface area contributed by atoms with Crippen molar-refractivity contribution in [1.82, 2.24) is 10.2 Å². The second kappa shape index (κ2) is 11.2. The summed E-state index contributed by atoms with van der Waals surface area (Å²) in [6, 6.07) is 10.2. The first-order valence-electron chi connectivity index (χ1n) is 9.61. The Balaban J connectivity index is 2.29. The number of benzene rings is 2. The normalized spacial score (nSPS) is 11.8. The number of hydrogen-bond acceptors (Lipinski definition) is 2. The second-order valence-electron chi connectivity index (χ2n) is 6.78. The van der Waals surface area contributed by atoms with E-state index in [1.54, 1.807) is 30.3 Å². The summed E-state index contributed by atoms with van der Waals surface area (Å²) in [5.74, 6) is -0.795. The number of nitrogens with one attached hydrogen (secondary N) is 1. The number of rotatable bonds is 9. The van der Waals surface area contributed by atoms with Crippen molar-refractivity contribution in [1.29, 1.82) is 0 Å². The van der Waals surface area contributed by atoms with Crippen LogP contribution in [0, 0.1) is 5.82 Å². The first-order chi connectivity index (χ1) is 13.8. The number of nitrogens with zero attached hydrogens (tertiary/aromatic N) is 1. The highest BCUT2D eigenvalue weighted by atomic mass is 35.5. The predicted molar refractivity (Wildman–Crippen MR) is 114 cm³/mol. The summed E-state index contributed by atoms with van der Waals surface area (Å²) in [4.78, 5) is 27.4.